The van der Waals surface area contributed by atoms with Gasteiger partial charge in [-0.2, -0.15) is 13.2 Å². The van der Waals surface area contributed by atoms with E-state index in [0.717, 1.165) is 32.7 Å². The van der Waals surface area contributed by atoms with Crippen LogP contribution in [0.5, 0.6) is 0 Å². The van der Waals surface area contributed by atoms with Crippen molar-refractivity contribution < 1.29 is 22.6 Å². The van der Waals surface area contributed by atoms with E-state index < -0.39 is 12.8 Å². The van der Waals surface area contributed by atoms with Gasteiger partial charge in [0.25, 0.3) is 0 Å². The summed E-state index contributed by atoms with van der Waals surface area (Å²) < 4.78 is 45.8. The van der Waals surface area contributed by atoms with Gasteiger partial charge in [-0.05, 0) is 30.7 Å². The van der Waals surface area contributed by atoms with E-state index in [-0.39, 0.29) is 25.6 Å². The number of anilines is 1. The van der Waals surface area contributed by atoms with Gasteiger partial charge in [0.1, 0.15) is 6.61 Å². The van der Waals surface area contributed by atoms with Gasteiger partial charge in [-0.3, -0.25) is 9.97 Å². The van der Waals surface area contributed by atoms with Crippen LogP contribution in [-0.4, -0.2) is 48.3 Å². The van der Waals surface area contributed by atoms with Gasteiger partial charge in [-0.1, -0.05) is 18.2 Å². The zero-order valence-electron chi connectivity index (χ0n) is 17.5. The van der Waals surface area contributed by atoms with Crippen LogP contribution >= 0.6 is 24.2 Å². The molecule has 5 nitrogen and oxygen atoms in total. The van der Waals surface area contributed by atoms with Gasteiger partial charge in [0.2, 0.25) is 0 Å². The van der Waals surface area contributed by atoms with Crippen molar-refractivity contribution in [2.24, 2.45) is 0 Å². The van der Waals surface area contributed by atoms with Crippen LogP contribution in [0.3, 0.4) is 0 Å². The molecule has 0 amide bonds. The van der Waals surface area contributed by atoms with E-state index in [0.29, 0.717) is 18.9 Å². The SMILES string of the molecule is Cc1c(SCCOCCOCC(F)(F)F)ccnc1CNc1cnc2ccccc2c1.Cl. The number of thioether (sulfide) groups is 1. The second kappa shape index (κ2) is 12.8. The number of hydrogen-bond donors (Lipinski definition) is 1. The number of benzene rings is 1. The number of fused-ring (bicyclic) bond motifs is 1. The molecule has 0 saturated heterocycles. The smallest absolute Gasteiger partial charge is 0.378 e. The predicted molar refractivity (Wildman–Crippen MR) is 124 cm³/mol. The third kappa shape index (κ3) is 8.46. The molecule has 2 aromatic heterocycles. The van der Waals surface area contributed by atoms with E-state index in [9.17, 15) is 13.2 Å². The lowest BCUT2D eigenvalue weighted by atomic mass is 10.2. The highest BCUT2D eigenvalue weighted by Crippen LogP contribution is 2.24. The predicted octanol–water partition coefficient (Wildman–Crippen LogP) is 5.66. The van der Waals surface area contributed by atoms with Crippen LogP contribution in [-0.2, 0) is 16.0 Å². The first-order valence-electron chi connectivity index (χ1n) is 9.80. The van der Waals surface area contributed by atoms with Crippen molar-refractivity contribution >= 4 is 40.8 Å². The molecule has 2 heterocycles. The maximum atomic E-state index is 12.0. The Morgan fingerprint density at radius 1 is 1.03 bits per heavy atom. The van der Waals surface area contributed by atoms with Gasteiger partial charge in [-0.25, -0.2) is 0 Å². The number of ether oxygens (including phenoxy) is 2. The molecular formula is C22H25ClF3N3O2S. The molecule has 1 N–H and O–H groups in total. The van der Waals surface area contributed by atoms with Crippen molar-refractivity contribution in [1.29, 1.82) is 0 Å². The molecule has 0 aliphatic heterocycles. The average Bonchev–Trinajstić information content (AvgIpc) is 2.75. The minimum absolute atomic E-state index is 0. The standard InChI is InChI=1S/C22H24F3N3O2S.ClH/c1-16-20(14-27-18-12-17-4-2-3-5-19(17)28-13-18)26-7-6-21(16)31-11-10-29-8-9-30-15-22(23,24)25;/h2-7,12-13,27H,8-11,14-15H2,1H3;1H. The fourth-order valence-corrected chi connectivity index (χ4v) is 3.78. The summed E-state index contributed by atoms with van der Waals surface area (Å²) >= 11 is 1.63. The Bertz CT molecular complexity index is 992. The van der Waals surface area contributed by atoms with Crippen LogP contribution in [0.1, 0.15) is 11.3 Å². The van der Waals surface area contributed by atoms with E-state index in [1.165, 1.54) is 0 Å². The third-order valence-electron chi connectivity index (χ3n) is 4.43. The van der Waals surface area contributed by atoms with Crippen molar-refractivity contribution in [2.75, 3.05) is 37.5 Å². The van der Waals surface area contributed by atoms with Crippen LogP contribution in [0.4, 0.5) is 18.9 Å². The molecule has 0 atom stereocenters. The lowest BCUT2D eigenvalue weighted by molar-refractivity contribution is -0.176. The number of nitrogens with zero attached hydrogens (tertiary/aromatic N) is 2. The first-order chi connectivity index (χ1) is 14.9. The minimum atomic E-state index is -4.30. The third-order valence-corrected chi connectivity index (χ3v) is 5.56. The Hall–Kier alpha value is -2.07. The summed E-state index contributed by atoms with van der Waals surface area (Å²) in [5.41, 5.74) is 3.91. The topological polar surface area (TPSA) is 56.3 Å². The Kier molecular flexibility index (Phi) is 10.5. The molecule has 0 fully saturated rings. The monoisotopic (exact) mass is 487 g/mol. The van der Waals surface area contributed by atoms with E-state index in [2.05, 4.69) is 26.1 Å². The van der Waals surface area contributed by atoms with E-state index in [1.807, 2.05) is 43.5 Å². The molecule has 0 radical (unpaired) electrons. The largest absolute Gasteiger partial charge is 0.411 e. The maximum Gasteiger partial charge on any atom is 0.411 e. The summed E-state index contributed by atoms with van der Waals surface area (Å²) in [6, 6.07) is 12.0. The summed E-state index contributed by atoms with van der Waals surface area (Å²) in [5.74, 6) is 0.686. The van der Waals surface area contributed by atoms with E-state index in [1.54, 1.807) is 18.0 Å². The lowest BCUT2D eigenvalue weighted by Gasteiger charge is -2.12. The molecule has 174 valence electrons. The van der Waals surface area contributed by atoms with Gasteiger partial charge < -0.3 is 14.8 Å². The second-order valence-electron chi connectivity index (χ2n) is 6.78. The number of para-hydroxylation sites is 1. The van der Waals surface area contributed by atoms with Gasteiger partial charge in [0, 0.05) is 22.2 Å². The first-order valence-corrected chi connectivity index (χ1v) is 10.8. The molecule has 0 bridgehead atoms. The van der Waals surface area contributed by atoms with Crippen molar-refractivity contribution in [3.63, 3.8) is 0 Å². The highest BCUT2D eigenvalue weighted by atomic mass is 35.5. The summed E-state index contributed by atoms with van der Waals surface area (Å²) in [4.78, 5) is 10.0. The highest BCUT2D eigenvalue weighted by molar-refractivity contribution is 7.99. The molecule has 0 unspecified atom stereocenters. The van der Waals surface area contributed by atoms with Crippen molar-refractivity contribution in [3.05, 3.63) is 60.0 Å². The molecule has 0 aliphatic rings. The van der Waals surface area contributed by atoms with Crippen LogP contribution in [0.15, 0.2) is 53.7 Å². The maximum absolute atomic E-state index is 12.0. The van der Waals surface area contributed by atoms with Gasteiger partial charge in [-0.15, -0.1) is 24.2 Å². The molecule has 1 aromatic carbocycles. The van der Waals surface area contributed by atoms with E-state index in [4.69, 9.17) is 4.74 Å². The average molecular weight is 488 g/mol. The summed E-state index contributed by atoms with van der Waals surface area (Å²) in [5, 5.41) is 4.45. The fourth-order valence-electron chi connectivity index (χ4n) is 2.87. The number of pyridine rings is 2. The van der Waals surface area contributed by atoms with Crippen molar-refractivity contribution in [2.45, 2.75) is 24.5 Å². The van der Waals surface area contributed by atoms with Gasteiger partial charge in [0.15, 0.2) is 0 Å². The van der Waals surface area contributed by atoms with E-state index >= 15 is 0 Å². The normalized spacial score (nSPS) is 11.4. The number of hydrogen-bond acceptors (Lipinski definition) is 6. The molecule has 0 spiro atoms. The van der Waals surface area contributed by atoms with Gasteiger partial charge in [0.05, 0.1) is 49.5 Å². The van der Waals surface area contributed by atoms with Crippen LogP contribution in [0, 0.1) is 6.92 Å². The van der Waals surface area contributed by atoms with Gasteiger partial charge >= 0.3 is 6.18 Å². The number of nitrogens with one attached hydrogen (secondary N) is 1. The van der Waals surface area contributed by atoms with Crippen molar-refractivity contribution in [3.8, 4) is 0 Å². The summed E-state index contributed by atoms with van der Waals surface area (Å²) in [6.45, 7) is 1.86. The highest BCUT2D eigenvalue weighted by Gasteiger charge is 2.27. The fraction of sp³-hybridized carbons (Fsp3) is 0.364. The molecule has 10 heteroatoms. The lowest BCUT2D eigenvalue weighted by Crippen LogP contribution is -2.19. The zero-order valence-corrected chi connectivity index (χ0v) is 19.2. The molecular weight excluding hydrogens is 463 g/mol. The van der Waals surface area contributed by atoms with Crippen LogP contribution in [0.2, 0.25) is 0 Å². The Morgan fingerprint density at radius 3 is 2.62 bits per heavy atom. The summed E-state index contributed by atoms with van der Waals surface area (Å²) in [7, 11) is 0. The molecule has 32 heavy (non-hydrogen) atoms. The number of alkyl halides is 3. The van der Waals surface area contributed by atoms with Crippen LogP contribution < -0.4 is 5.32 Å². The Labute approximate surface area is 195 Å². The Balaban J connectivity index is 0.00000363. The Morgan fingerprint density at radius 2 is 1.81 bits per heavy atom. The summed E-state index contributed by atoms with van der Waals surface area (Å²) in [6.07, 6.45) is -0.713. The number of halogens is 4. The zero-order chi connectivity index (χ0) is 22.1. The number of aromatic nitrogens is 2. The molecule has 3 aromatic rings. The minimum Gasteiger partial charge on any atom is -0.378 e. The quantitative estimate of drug-likeness (QED) is 0.278. The molecule has 0 saturated carbocycles. The van der Waals surface area contributed by atoms with Crippen LogP contribution in [0.25, 0.3) is 10.9 Å². The van der Waals surface area contributed by atoms with Crippen molar-refractivity contribution in [1.82, 2.24) is 9.97 Å². The molecule has 3 rings (SSSR count). The first kappa shape index (κ1) is 26.2. The second-order valence-corrected chi connectivity index (χ2v) is 7.92. The molecule has 0 aliphatic carbocycles. The number of rotatable bonds is 11.